The Morgan fingerprint density at radius 1 is 1.56 bits per heavy atom. The van der Waals surface area contributed by atoms with Crippen LogP contribution in [-0.4, -0.2) is 25.2 Å². The minimum absolute atomic E-state index is 0.00382. The third-order valence-electron chi connectivity index (χ3n) is 2.35. The lowest BCUT2D eigenvalue weighted by molar-refractivity contribution is -0.115. The Morgan fingerprint density at radius 3 is 3.00 bits per heavy atom. The molecule has 0 bridgehead atoms. The maximum absolute atomic E-state index is 11.2. The molecule has 0 aromatic heterocycles. The summed E-state index contributed by atoms with van der Waals surface area (Å²) in [5.74, 6) is 0.770. The average Bonchev–Trinajstić information content (AvgIpc) is 2.24. The summed E-state index contributed by atoms with van der Waals surface area (Å²) in [4.78, 5) is 11.2. The molecular formula is C12H15NO3. The van der Waals surface area contributed by atoms with Gasteiger partial charge in [0.05, 0.1) is 13.2 Å². The molecule has 1 aliphatic rings. The minimum Gasteiger partial charge on any atom is -0.486 e. The first-order valence-electron chi connectivity index (χ1n) is 5.42. The van der Waals surface area contributed by atoms with Crippen molar-refractivity contribution in [1.29, 1.82) is 0 Å². The van der Waals surface area contributed by atoms with Crippen molar-refractivity contribution in [3.8, 4) is 5.75 Å². The third-order valence-corrected chi connectivity index (χ3v) is 2.35. The molecule has 0 aliphatic carbocycles. The Hall–Kier alpha value is -1.55. The van der Waals surface area contributed by atoms with E-state index < -0.39 is 0 Å². The lowest BCUT2D eigenvalue weighted by Crippen LogP contribution is -2.38. The molecule has 0 radical (unpaired) electrons. The molecule has 1 fully saturated rings. The van der Waals surface area contributed by atoms with Crippen LogP contribution in [0.1, 0.15) is 13.3 Å². The van der Waals surface area contributed by atoms with Crippen molar-refractivity contribution in [3.05, 3.63) is 24.3 Å². The van der Waals surface area contributed by atoms with E-state index in [0.717, 1.165) is 11.4 Å². The number of hydrogen-bond donors (Lipinski definition) is 1. The predicted molar refractivity (Wildman–Crippen MR) is 60.6 cm³/mol. The van der Waals surface area contributed by atoms with Crippen LogP contribution in [0.15, 0.2) is 24.3 Å². The number of ether oxygens (including phenoxy) is 2. The predicted octanol–water partition coefficient (Wildman–Crippen LogP) is 1.81. The first kappa shape index (κ1) is 11.0. The number of carbonyl (C=O) groups is 1. The van der Waals surface area contributed by atoms with Crippen molar-refractivity contribution in [2.75, 3.05) is 18.5 Å². The van der Waals surface area contributed by atoms with Gasteiger partial charge in [0.25, 0.3) is 0 Å². The van der Waals surface area contributed by atoms with Gasteiger partial charge in [-0.05, 0) is 12.1 Å². The first-order chi connectivity index (χ1) is 7.78. The van der Waals surface area contributed by atoms with E-state index in [1.54, 1.807) is 0 Å². The highest BCUT2D eigenvalue weighted by Gasteiger charge is 2.19. The van der Waals surface area contributed by atoms with Gasteiger partial charge in [-0.1, -0.05) is 13.0 Å². The van der Waals surface area contributed by atoms with Gasteiger partial charge in [0.15, 0.2) is 0 Å². The molecule has 1 aliphatic heterocycles. The van der Waals surface area contributed by atoms with Crippen molar-refractivity contribution in [3.63, 3.8) is 0 Å². The summed E-state index contributed by atoms with van der Waals surface area (Å²) in [5.41, 5.74) is 0.768. The standard InChI is InChI=1S/C12H15NO3/c1-2-12(14)13-9-4-3-5-10(6-9)16-11-7-15-8-11/h3-6,11H,2,7-8H2,1H3,(H,13,14). The van der Waals surface area contributed by atoms with Crippen LogP contribution in [0.4, 0.5) is 5.69 Å². The van der Waals surface area contributed by atoms with Crippen LogP contribution in [0.3, 0.4) is 0 Å². The van der Waals surface area contributed by atoms with Gasteiger partial charge < -0.3 is 14.8 Å². The van der Waals surface area contributed by atoms with Crippen molar-refractivity contribution < 1.29 is 14.3 Å². The van der Waals surface area contributed by atoms with Gasteiger partial charge in [-0.3, -0.25) is 4.79 Å². The summed E-state index contributed by atoms with van der Waals surface area (Å²) in [5, 5.41) is 2.79. The monoisotopic (exact) mass is 221 g/mol. The topological polar surface area (TPSA) is 47.6 Å². The SMILES string of the molecule is CCC(=O)Nc1cccc(OC2COC2)c1. The van der Waals surface area contributed by atoms with Crippen molar-refractivity contribution >= 4 is 11.6 Å². The molecule has 1 aromatic carbocycles. The van der Waals surface area contributed by atoms with Crippen LogP contribution >= 0.6 is 0 Å². The zero-order chi connectivity index (χ0) is 11.4. The first-order valence-corrected chi connectivity index (χ1v) is 5.42. The van der Waals surface area contributed by atoms with Crippen LogP contribution in [-0.2, 0) is 9.53 Å². The van der Waals surface area contributed by atoms with Crippen LogP contribution in [0, 0.1) is 0 Å². The molecule has 0 atom stereocenters. The number of carbonyl (C=O) groups excluding carboxylic acids is 1. The van der Waals surface area contributed by atoms with Gasteiger partial charge in [-0.2, -0.15) is 0 Å². The van der Waals surface area contributed by atoms with Crippen LogP contribution < -0.4 is 10.1 Å². The van der Waals surface area contributed by atoms with Crippen LogP contribution in [0.25, 0.3) is 0 Å². The zero-order valence-corrected chi connectivity index (χ0v) is 9.23. The van der Waals surface area contributed by atoms with Gasteiger partial charge in [0, 0.05) is 18.2 Å². The lowest BCUT2D eigenvalue weighted by atomic mass is 10.2. The molecule has 0 saturated carbocycles. The molecule has 4 nitrogen and oxygen atoms in total. The highest BCUT2D eigenvalue weighted by molar-refractivity contribution is 5.90. The molecule has 1 aromatic rings. The van der Waals surface area contributed by atoms with Crippen LogP contribution in [0.5, 0.6) is 5.75 Å². The number of amides is 1. The zero-order valence-electron chi connectivity index (χ0n) is 9.23. The van der Waals surface area contributed by atoms with Crippen molar-refractivity contribution in [1.82, 2.24) is 0 Å². The number of rotatable bonds is 4. The summed E-state index contributed by atoms with van der Waals surface area (Å²) in [7, 11) is 0. The maximum atomic E-state index is 11.2. The Morgan fingerprint density at radius 2 is 2.38 bits per heavy atom. The van der Waals surface area contributed by atoms with Crippen LogP contribution in [0.2, 0.25) is 0 Å². The molecule has 1 saturated heterocycles. The summed E-state index contributed by atoms with van der Waals surface area (Å²) >= 11 is 0. The molecule has 1 amide bonds. The summed E-state index contributed by atoms with van der Waals surface area (Å²) in [6.07, 6.45) is 0.624. The highest BCUT2D eigenvalue weighted by atomic mass is 16.6. The third kappa shape index (κ3) is 2.73. The molecule has 86 valence electrons. The Kier molecular flexibility index (Phi) is 3.41. The van der Waals surface area contributed by atoms with Gasteiger partial charge >= 0.3 is 0 Å². The second kappa shape index (κ2) is 4.99. The van der Waals surface area contributed by atoms with E-state index in [1.165, 1.54) is 0 Å². The van der Waals surface area contributed by atoms with E-state index >= 15 is 0 Å². The molecule has 2 rings (SSSR count). The summed E-state index contributed by atoms with van der Waals surface area (Å²) < 4.78 is 10.7. The van der Waals surface area contributed by atoms with E-state index in [9.17, 15) is 4.79 Å². The molecular weight excluding hydrogens is 206 g/mol. The summed E-state index contributed by atoms with van der Waals surface area (Å²) in [6, 6.07) is 7.41. The van der Waals surface area contributed by atoms with E-state index in [1.807, 2.05) is 31.2 Å². The van der Waals surface area contributed by atoms with E-state index in [4.69, 9.17) is 9.47 Å². The fourth-order valence-corrected chi connectivity index (χ4v) is 1.37. The molecule has 1 heterocycles. The number of benzene rings is 1. The van der Waals surface area contributed by atoms with Crippen molar-refractivity contribution in [2.45, 2.75) is 19.4 Å². The van der Waals surface area contributed by atoms with E-state index in [0.29, 0.717) is 19.6 Å². The Balaban J connectivity index is 1.97. The number of nitrogens with one attached hydrogen (secondary N) is 1. The quantitative estimate of drug-likeness (QED) is 0.843. The molecule has 0 spiro atoms. The maximum Gasteiger partial charge on any atom is 0.224 e. The van der Waals surface area contributed by atoms with E-state index in [2.05, 4.69) is 5.32 Å². The van der Waals surface area contributed by atoms with Gasteiger partial charge in [-0.25, -0.2) is 0 Å². The van der Waals surface area contributed by atoms with Gasteiger partial charge in [-0.15, -0.1) is 0 Å². The lowest BCUT2D eigenvalue weighted by Gasteiger charge is -2.26. The normalized spacial score (nSPS) is 15.3. The van der Waals surface area contributed by atoms with Crippen molar-refractivity contribution in [2.24, 2.45) is 0 Å². The fourth-order valence-electron chi connectivity index (χ4n) is 1.37. The average molecular weight is 221 g/mol. The largest absolute Gasteiger partial charge is 0.486 e. The highest BCUT2D eigenvalue weighted by Crippen LogP contribution is 2.20. The molecule has 0 unspecified atom stereocenters. The van der Waals surface area contributed by atoms with E-state index in [-0.39, 0.29) is 12.0 Å². The van der Waals surface area contributed by atoms with Gasteiger partial charge in [0.1, 0.15) is 11.9 Å². The molecule has 16 heavy (non-hydrogen) atoms. The minimum atomic E-state index is 0.00382. The number of anilines is 1. The molecule has 1 N–H and O–H groups in total. The Labute approximate surface area is 94.6 Å². The Bertz CT molecular complexity index is 374. The molecule has 4 heteroatoms. The smallest absolute Gasteiger partial charge is 0.224 e. The second-order valence-electron chi connectivity index (χ2n) is 3.71. The van der Waals surface area contributed by atoms with Gasteiger partial charge in [0.2, 0.25) is 5.91 Å². The fraction of sp³-hybridized carbons (Fsp3) is 0.417. The summed E-state index contributed by atoms with van der Waals surface area (Å²) in [6.45, 7) is 3.11. The number of hydrogen-bond acceptors (Lipinski definition) is 3. The second-order valence-corrected chi connectivity index (χ2v) is 3.71.